The van der Waals surface area contributed by atoms with E-state index in [4.69, 9.17) is 5.26 Å². The molecule has 0 radical (unpaired) electrons. The summed E-state index contributed by atoms with van der Waals surface area (Å²) >= 11 is 0. The Balaban J connectivity index is 2.35. The van der Waals surface area contributed by atoms with Gasteiger partial charge in [-0.1, -0.05) is 19.8 Å². The van der Waals surface area contributed by atoms with Gasteiger partial charge in [0.15, 0.2) is 0 Å². The lowest BCUT2D eigenvalue weighted by atomic mass is 9.63. The number of hydrogen-bond donors (Lipinski definition) is 0. The predicted molar refractivity (Wildman–Crippen MR) is 52.6 cm³/mol. The van der Waals surface area contributed by atoms with E-state index in [1.807, 2.05) is 0 Å². The SMILES string of the molecule is C[C@@]12CCCC[C@]1(C)N=C(C#N)C2. The second-order valence-corrected chi connectivity index (χ2v) is 4.89. The van der Waals surface area contributed by atoms with Crippen LogP contribution in [-0.2, 0) is 0 Å². The van der Waals surface area contributed by atoms with Gasteiger partial charge in [0.1, 0.15) is 11.8 Å². The Morgan fingerprint density at radius 1 is 1.31 bits per heavy atom. The van der Waals surface area contributed by atoms with Gasteiger partial charge in [-0.25, -0.2) is 0 Å². The van der Waals surface area contributed by atoms with E-state index in [1.54, 1.807) is 0 Å². The first-order chi connectivity index (χ1) is 6.10. The van der Waals surface area contributed by atoms with Crippen molar-refractivity contribution in [1.29, 1.82) is 5.26 Å². The summed E-state index contributed by atoms with van der Waals surface area (Å²) < 4.78 is 0. The molecule has 0 amide bonds. The second-order valence-electron chi connectivity index (χ2n) is 4.89. The standard InChI is InChI=1S/C11H16N2/c1-10-5-3-4-6-11(10,2)13-9(7-10)8-12/h3-7H2,1-2H3/t10-,11-/m0/s1. The highest BCUT2D eigenvalue weighted by Gasteiger charge is 2.50. The molecule has 2 atom stereocenters. The molecule has 0 aromatic carbocycles. The summed E-state index contributed by atoms with van der Waals surface area (Å²) in [6, 6.07) is 2.22. The number of hydrogen-bond acceptors (Lipinski definition) is 2. The van der Waals surface area contributed by atoms with Crippen LogP contribution in [0.5, 0.6) is 0 Å². The van der Waals surface area contributed by atoms with Crippen LogP contribution in [-0.4, -0.2) is 11.3 Å². The van der Waals surface area contributed by atoms with E-state index in [0.717, 1.165) is 18.6 Å². The van der Waals surface area contributed by atoms with Crippen molar-refractivity contribution in [1.82, 2.24) is 0 Å². The molecule has 0 unspecified atom stereocenters. The van der Waals surface area contributed by atoms with Crippen molar-refractivity contribution in [2.24, 2.45) is 10.4 Å². The zero-order valence-corrected chi connectivity index (χ0v) is 8.43. The maximum atomic E-state index is 8.86. The molecule has 70 valence electrons. The van der Waals surface area contributed by atoms with Gasteiger partial charge >= 0.3 is 0 Å². The summed E-state index contributed by atoms with van der Waals surface area (Å²) in [7, 11) is 0. The Hall–Kier alpha value is -0.840. The van der Waals surface area contributed by atoms with Gasteiger partial charge < -0.3 is 0 Å². The minimum Gasteiger partial charge on any atom is -0.272 e. The van der Waals surface area contributed by atoms with Crippen molar-refractivity contribution in [2.75, 3.05) is 0 Å². The summed E-state index contributed by atoms with van der Waals surface area (Å²) in [5, 5.41) is 8.86. The highest BCUT2D eigenvalue weighted by molar-refractivity contribution is 6.00. The molecule has 1 aliphatic heterocycles. The van der Waals surface area contributed by atoms with Gasteiger partial charge in [-0.2, -0.15) is 5.26 Å². The first kappa shape index (κ1) is 8.74. The smallest absolute Gasteiger partial charge is 0.114 e. The fraction of sp³-hybridized carbons (Fsp3) is 0.818. The fourth-order valence-electron chi connectivity index (χ4n) is 2.80. The van der Waals surface area contributed by atoms with Gasteiger partial charge in [0, 0.05) is 6.42 Å². The first-order valence-electron chi connectivity index (χ1n) is 5.09. The van der Waals surface area contributed by atoms with Crippen LogP contribution in [0.2, 0.25) is 0 Å². The van der Waals surface area contributed by atoms with Crippen LogP contribution in [0.3, 0.4) is 0 Å². The minimum atomic E-state index is 0.0658. The van der Waals surface area contributed by atoms with Crippen molar-refractivity contribution >= 4 is 5.71 Å². The molecule has 1 aliphatic carbocycles. The predicted octanol–water partition coefficient (Wildman–Crippen LogP) is 2.69. The number of nitrogens with zero attached hydrogens (tertiary/aromatic N) is 2. The average molecular weight is 176 g/mol. The van der Waals surface area contributed by atoms with Crippen LogP contribution in [0.1, 0.15) is 46.0 Å². The van der Waals surface area contributed by atoms with E-state index in [1.165, 1.54) is 19.3 Å². The Morgan fingerprint density at radius 3 is 2.62 bits per heavy atom. The molecular formula is C11H16N2. The molecule has 2 rings (SSSR count). The van der Waals surface area contributed by atoms with Crippen LogP contribution in [0, 0.1) is 16.7 Å². The van der Waals surface area contributed by atoms with Crippen LogP contribution in [0.15, 0.2) is 4.99 Å². The van der Waals surface area contributed by atoms with Crippen LogP contribution < -0.4 is 0 Å². The molecule has 0 aromatic rings. The van der Waals surface area contributed by atoms with Crippen molar-refractivity contribution in [3.05, 3.63) is 0 Å². The lowest BCUT2D eigenvalue weighted by molar-refractivity contribution is 0.122. The van der Waals surface area contributed by atoms with E-state index in [2.05, 4.69) is 24.9 Å². The van der Waals surface area contributed by atoms with Crippen molar-refractivity contribution < 1.29 is 0 Å². The molecule has 2 nitrogen and oxygen atoms in total. The van der Waals surface area contributed by atoms with Crippen LogP contribution >= 0.6 is 0 Å². The molecule has 0 saturated heterocycles. The molecule has 13 heavy (non-hydrogen) atoms. The Kier molecular flexibility index (Phi) is 1.73. The summed E-state index contributed by atoms with van der Waals surface area (Å²) in [5.74, 6) is 0. The number of rotatable bonds is 0. The van der Waals surface area contributed by atoms with Crippen molar-refractivity contribution in [3.8, 4) is 6.07 Å². The lowest BCUT2D eigenvalue weighted by Gasteiger charge is -2.43. The van der Waals surface area contributed by atoms with E-state index in [0.29, 0.717) is 0 Å². The largest absolute Gasteiger partial charge is 0.272 e. The van der Waals surface area contributed by atoms with Crippen molar-refractivity contribution in [3.63, 3.8) is 0 Å². The monoisotopic (exact) mass is 176 g/mol. The Bertz CT molecular complexity index is 300. The highest BCUT2D eigenvalue weighted by atomic mass is 14.9. The molecule has 2 heteroatoms. The zero-order chi connectivity index (χ0) is 9.53. The van der Waals surface area contributed by atoms with Gasteiger partial charge in [-0.05, 0) is 25.2 Å². The molecule has 0 bridgehead atoms. The maximum Gasteiger partial charge on any atom is 0.114 e. The third-order valence-electron chi connectivity index (χ3n) is 4.01. The number of nitriles is 1. The summed E-state index contributed by atoms with van der Waals surface area (Å²) in [6.45, 7) is 4.51. The molecule has 0 spiro atoms. The summed E-state index contributed by atoms with van der Waals surface area (Å²) in [6.07, 6.45) is 5.88. The molecule has 2 aliphatic rings. The van der Waals surface area contributed by atoms with Gasteiger partial charge in [-0.15, -0.1) is 0 Å². The van der Waals surface area contributed by atoms with E-state index in [-0.39, 0.29) is 11.0 Å². The highest BCUT2D eigenvalue weighted by Crippen LogP contribution is 2.52. The fourth-order valence-corrected chi connectivity index (χ4v) is 2.80. The molecular weight excluding hydrogens is 160 g/mol. The third kappa shape index (κ3) is 1.10. The van der Waals surface area contributed by atoms with Gasteiger partial charge in [0.05, 0.1) is 5.54 Å². The average Bonchev–Trinajstić information content (AvgIpc) is 2.37. The van der Waals surface area contributed by atoms with E-state index in [9.17, 15) is 0 Å². The summed E-state index contributed by atoms with van der Waals surface area (Å²) in [4.78, 5) is 4.59. The van der Waals surface area contributed by atoms with Gasteiger partial charge in [-0.3, -0.25) is 4.99 Å². The zero-order valence-electron chi connectivity index (χ0n) is 8.43. The number of aliphatic imine (C=N–C) groups is 1. The first-order valence-corrected chi connectivity index (χ1v) is 5.09. The summed E-state index contributed by atoms with van der Waals surface area (Å²) in [5.41, 5.74) is 1.11. The Morgan fingerprint density at radius 2 is 2.00 bits per heavy atom. The normalized spacial score (nSPS) is 43.6. The van der Waals surface area contributed by atoms with Gasteiger partial charge in [0.2, 0.25) is 0 Å². The molecule has 1 heterocycles. The van der Waals surface area contributed by atoms with E-state index < -0.39 is 0 Å². The van der Waals surface area contributed by atoms with Crippen molar-refractivity contribution in [2.45, 2.75) is 51.5 Å². The second kappa shape index (κ2) is 2.57. The van der Waals surface area contributed by atoms with Crippen LogP contribution in [0.4, 0.5) is 0 Å². The van der Waals surface area contributed by atoms with Crippen LogP contribution in [0.25, 0.3) is 0 Å². The lowest BCUT2D eigenvalue weighted by Crippen LogP contribution is -2.41. The van der Waals surface area contributed by atoms with E-state index >= 15 is 0 Å². The topological polar surface area (TPSA) is 36.1 Å². The third-order valence-corrected chi connectivity index (χ3v) is 4.01. The maximum absolute atomic E-state index is 8.86. The molecule has 0 N–H and O–H groups in total. The number of fused-ring (bicyclic) bond motifs is 1. The minimum absolute atomic E-state index is 0.0658. The Labute approximate surface area is 79.7 Å². The molecule has 1 saturated carbocycles. The van der Waals surface area contributed by atoms with Gasteiger partial charge in [0.25, 0.3) is 0 Å². The quantitative estimate of drug-likeness (QED) is 0.559. The molecule has 1 fully saturated rings. The molecule has 0 aromatic heterocycles.